The van der Waals surface area contributed by atoms with Gasteiger partial charge >= 0.3 is 32.1 Å². The van der Waals surface area contributed by atoms with Crippen molar-refractivity contribution in [2.24, 2.45) is 0 Å². The average molecular weight is 144 g/mol. The minimum absolute atomic E-state index is 1.74. The van der Waals surface area contributed by atoms with Gasteiger partial charge in [-0.15, -0.1) is 0 Å². The first-order valence-electron chi connectivity index (χ1n) is 0.516. The Morgan fingerprint density at radius 2 is 2.00 bits per heavy atom. The van der Waals surface area contributed by atoms with Gasteiger partial charge in [-0.25, -0.2) is 0 Å². The first-order valence-corrected chi connectivity index (χ1v) is 3.65. The Kier molecular flexibility index (Phi) is 2.20. The van der Waals surface area contributed by atoms with E-state index < -0.39 is 9.00 Å². The van der Waals surface area contributed by atoms with Crippen LogP contribution in [0.15, 0.2) is 0 Å². The first-order chi connectivity index (χ1) is 1.73. The van der Waals surface area contributed by atoms with Crippen molar-refractivity contribution in [2.45, 2.75) is 0 Å². The second-order valence-electron chi connectivity index (χ2n) is 0.217. The minimum atomic E-state index is -1.74. The molecule has 0 aliphatic heterocycles. The summed E-state index contributed by atoms with van der Waals surface area (Å²) in [5, 5.41) is 0. The standard InChI is InChI=1S/HO2SSe/c1-3(2)4/h(H,1,2,4)/q-1. The van der Waals surface area contributed by atoms with E-state index in [0.29, 0.717) is 0 Å². The van der Waals surface area contributed by atoms with Gasteiger partial charge in [0.1, 0.15) is 0 Å². The van der Waals surface area contributed by atoms with Crippen LogP contribution >= 0.6 is 0 Å². The van der Waals surface area contributed by atoms with Gasteiger partial charge in [-0.2, -0.15) is 0 Å². The Balaban J connectivity index is 3.51. The van der Waals surface area contributed by atoms with Crippen LogP contribution in [0.2, 0.25) is 0 Å². The molecule has 0 unspecified atom stereocenters. The van der Waals surface area contributed by atoms with Gasteiger partial charge in [0, 0.05) is 0 Å². The van der Waals surface area contributed by atoms with Crippen molar-refractivity contribution >= 4 is 23.4 Å². The normalized spacial score (nSPS) is 8.50. The maximum atomic E-state index is 9.06. The van der Waals surface area contributed by atoms with E-state index in [1.807, 2.05) is 14.4 Å². The Morgan fingerprint density at radius 1 is 2.00 bits per heavy atom. The molecular formula is HO2SSe-. The third-order valence-electron chi connectivity index (χ3n) is 0. The predicted octanol–water partition coefficient (Wildman–Crippen LogP) is -0.493. The third-order valence-corrected chi connectivity index (χ3v) is 0. The van der Waals surface area contributed by atoms with Crippen molar-refractivity contribution in [1.82, 2.24) is 0 Å². The van der Waals surface area contributed by atoms with Crippen LogP contribution in [-0.4, -0.2) is 18.9 Å². The van der Waals surface area contributed by atoms with Crippen LogP contribution in [0, 0.1) is 0 Å². The first kappa shape index (κ1) is 4.63. The van der Waals surface area contributed by atoms with Crippen molar-refractivity contribution in [3.05, 3.63) is 0 Å². The van der Waals surface area contributed by atoms with Gasteiger partial charge in [0.25, 0.3) is 0 Å². The van der Waals surface area contributed by atoms with E-state index in [4.69, 9.17) is 8.76 Å². The van der Waals surface area contributed by atoms with Crippen molar-refractivity contribution in [2.75, 3.05) is 0 Å². The SMILES string of the molecule is O=[S-](O)=[Se]. The van der Waals surface area contributed by atoms with E-state index >= 15 is 0 Å². The van der Waals surface area contributed by atoms with E-state index in [1.165, 1.54) is 0 Å². The Bertz CT molecular complexity index is 54.4. The van der Waals surface area contributed by atoms with Gasteiger partial charge in [-0.05, 0) is 0 Å². The monoisotopic (exact) mass is 145 g/mol. The molecule has 0 saturated carbocycles. The molecule has 0 bridgehead atoms. The van der Waals surface area contributed by atoms with E-state index in [1.54, 1.807) is 0 Å². The van der Waals surface area contributed by atoms with Crippen LogP contribution in [0.5, 0.6) is 0 Å². The van der Waals surface area contributed by atoms with Gasteiger partial charge in [0.05, 0.1) is 0 Å². The third kappa shape index (κ3) is 17.6. The molecule has 0 heterocycles. The summed E-state index contributed by atoms with van der Waals surface area (Å²) in [5.74, 6) is 0. The van der Waals surface area contributed by atoms with Crippen LogP contribution in [-0.2, 0) is 13.2 Å². The van der Waals surface area contributed by atoms with Gasteiger partial charge in [0.2, 0.25) is 0 Å². The molecule has 0 aliphatic carbocycles. The molecule has 0 aliphatic rings. The molecule has 0 radical (unpaired) electrons. The van der Waals surface area contributed by atoms with Crippen LogP contribution in [0.3, 0.4) is 0 Å². The van der Waals surface area contributed by atoms with E-state index in [9.17, 15) is 0 Å². The molecule has 0 amide bonds. The van der Waals surface area contributed by atoms with Gasteiger partial charge in [0.15, 0.2) is 0 Å². The molecule has 0 atom stereocenters. The van der Waals surface area contributed by atoms with Crippen molar-refractivity contribution in [3.8, 4) is 0 Å². The van der Waals surface area contributed by atoms with E-state index in [2.05, 4.69) is 0 Å². The molecule has 2 nitrogen and oxygen atoms in total. The topological polar surface area (TPSA) is 37.3 Å². The maximum absolute atomic E-state index is 9.06. The zero-order valence-corrected chi connectivity index (χ0v) is 4.20. The summed E-state index contributed by atoms with van der Waals surface area (Å²) in [4.78, 5) is 0. The molecule has 4 heavy (non-hydrogen) atoms. The number of hydrogen-bond donors (Lipinski definition) is 1. The van der Waals surface area contributed by atoms with Crippen molar-refractivity contribution in [1.29, 1.82) is 0 Å². The van der Waals surface area contributed by atoms with E-state index in [0.717, 1.165) is 0 Å². The Labute approximate surface area is 32.8 Å². The van der Waals surface area contributed by atoms with Crippen LogP contribution in [0.1, 0.15) is 0 Å². The molecule has 0 aromatic carbocycles. The fourth-order valence-corrected chi connectivity index (χ4v) is 0. The molecule has 26 valence electrons. The zero-order chi connectivity index (χ0) is 3.58. The molecule has 0 rings (SSSR count). The van der Waals surface area contributed by atoms with Gasteiger partial charge in [-0.1, -0.05) is 0 Å². The summed E-state index contributed by atoms with van der Waals surface area (Å²) < 4.78 is 16.5. The molecule has 4 heteroatoms. The molecule has 1 N–H and O–H groups in total. The fraction of sp³-hybridized carbons (Fsp3) is 0. The molecular weight excluding hydrogens is 143 g/mol. The zero-order valence-electron chi connectivity index (χ0n) is 1.67. The summed E-state index contributed by atoms with van der Waals surface area (Å²) in [5.41, 5.74) is 0. The van der Waals surface area contributed by atoms with Crippen LogP contribution in [0.4, 0.5) is 0 Å². The quantitative estimate of drug-likeness (QED) is 0.283. The molecule has 0 aromatic rings. The molecule has 0 fully saturated rings. The Morgan fingerprint density at radius 3 is 2.00 bits per heavy atom. The molecule has 0 aromatic heterocycles. The molecule has 0 saturated heterocycles. The van der Waals surface area contributed by atoms with Crippen molar-refractivity contribution < 1.29 is 8.76 Å². The summed E-state index contributed by atoms with van der Waals surface area (Å²) in [7, 11) is -1.74. The van der Waals surface area contributed by atoms with Crippen molar-refractivity contribution in [3.63, 3.8) is 0 Å². The summed E-state index contributed by atoms with van der Waals surface area (Å²) in [6.45, 7) is 0. The summed E-state index contributed by atoms with van der Waals surface area (Å²) in [6, 6.07) is 0. The van der Waals surface area contributed by atoms with E-state index in [-0.39, 0.29) is 0 Å². The second-order valence-corrected chi connectivity index (χ2v) is 2.45. The van der Waals surface area contributed by atoms with Crippen LogP contribution < -0.4 is 0 Å². The predicted molar refractivity (Wildman–Crippen MR) is 16.4 cm³/mol. The Hall–Kier alpha value is 0.629. The van der Waals surface area contributed by atoms with Gasteiger partial charge in [-0.3, -0.25) is 0 Å². The van der Waals surface area contributed by atoms with Gasteiger partial charge < -0.3 is 0 Å². The molecule has 0 spiro atoms. The number of rotatable bonds is 0. The second kappa shape index (κ2) is 1.91. The fourth-order valence-electron chi connectivity index (χ4n) is 0. The average Bonchev–Trinajstić information content (AvgIpc) is 0.811. The summed E-state index contributed by atoms with van der Waals surface area (Å²) in [6.07, 6.45) is 0. The van der Waals surface area contributed by atoms with Crippen LogP contribution in [0.25, 0.3) is 0 Å². The number of hydrogen-bond acceptors (Lipinski definition) is 2. The summed E-state index contributed by atoms with van der Waals surface area (Å²) >= 11 is 1.93.